The first kappa shape index (κ1) is 12.3. The highest BCUT2D eigenvalue weighted by molar-refractivity contribution is 7.08. The zero-order chi connectivity index (χ0) is 12.3. The average molecular weight is 249 g/mol. The highest BCUT2D eigenvalue weighted by Crippen LogP contribution is 2.13. The van der Waals surface area contributed by atoms with Crippen LogP contribution in [0.3, 0.4) is 0 Å². The van der Waals surface area contributed by atoms with Gasteiger partial charge in [0, 0.05) is 25.3 Å². The normalized spacial score (nSPS) is 11.3. The topological polar surface area (TPSA) is 29.9 Å². The Balaban J connectivity index is 1.84. The van der Waals surface area contributed by atoms with Crippen molar-refractivity contribution in [3.63, 3.8) is 0 Å². The van der Waals surface area contributed by atoms with E-state index in [2.05, 4.69) is 48.0 Å². The summed E-state index contributed by atoms with van der Waals surface area (Å²) >= 11 is 1.76. The highest BCUT2D eigenvalue weighted by Gasteiger charge is 2.02. The molecule has 4 heteroatoms. The molecule has 0 atom stereocenters. The first-order valence-corrected chi connectivity index (χ1v) is 6.87. The van der Waals surface area contributed by atoms with Gasteiger partial charge in [-0.05, 0) is 48.7 Å². The molecule has 3 nitrogen and oxygen atoms in total. The second kappa shape index (κ2) is 5.47. The second-order valence-electron chi connectivity index (χ2n) is 4.56. The van der Waals surface area contributed by atoms with E-state index in [1.165, 1.54) is 11.1 Å². The lowest BCUT2D eigenvalue weighted by atomic mass is 10.2. The highest BCUT2D eigenvalue weighted by atomic mass is 32.1. The molecular weight excluding hydrogens is 230 g/mol. The largest absolute Gasteiger partial charge is 0.307 e. The fourth-order valence-corrected chi connectivity index (χ4v) is 2.51. The van der Waals surface area contributed by atoms with Gasteiger partial charge in [-0.1, -0.05) is 0 Å². The number of hydrogen-bond acceptors (Lipinski definition) is 3. The Hall–Kier alpha value is -1.13. The van der Waals surface area contributed by atoms with Crippen LogP contribution < -0.4 is 5.32 Å². The van der Waals surface area contributed by atoms with Crippen LogP contribution in [-0.4, -0.2) is 9.78 Å². The molecule has 0 saturated heterocycles. The summed E-state index contributed by atoms with van der Waals surface area (Å²) in [4.78, 5) is 0. The van der Waals surface area contributed by atoms with E-state index in [0.717, 1.165) is 18.8 Å². The van der Waals surface area contributed by atoms with Crippen molar-refractivity contribution in [2.45, 2.75) is 39.9 Å². The van der Waals surface area contributed by atoms with E-state index >= 15 is 0 Å². The van der Waals surface area contributed by atoms with E-state index in [-0.39, 0.29) is 0 Å². The summed E-state index contributed by atoms with van der Waals surface area (Å²) in [6, 6.07) is 2.51. The number of aromatic nitrogens is 2. The van der Waals surface area contributed by atoms with E-state index in [9.17, 15) is 0 Å². The van der Waals surface area contributed by atoms with Crippen molar-refractivity contribution < 1.29 is 0 Å². The van der Waals surface area contributed by atoms with Crippen LogP contribution in [0.1, 0.15) is 36.7 Å². The fourth-order valence-electron chi connectivity index (χ4n) is 1.65. The third-order valence-corrected chi connectivity index (χ3v) is 3.69. The molecule has 0 aliphatic carbocycles. The van der Waals surface area contributed by atoms with E-state index < -0.39 is 0 Å². The molecule has 1 N–H and O–H groups in total. The number of hydrogen-bond donors (Lipinski definition) is 1. The van der Waals surface area contributed by atoms with Gasteiger partial charge in [-0.15, -0.1) is 0 Å². The van der Waals surface area contributed by atoms with Crippen LogP contribution in [-0.2, 0) is 13.1 Å². The molecule has 92 valence electrons. The molecule has 0 bridgehead atoms. The van der Waals surface area contributed by atoms with Crippen LogP contribution in [0.4, 0.5) is 0 Å². The number of rotatable bonds is 5. The Labute approximate surface area is 106 Å². The molecule has 0 spiro atoms. The maximum atomic E-state index is 4.51. The molecule has 0 amide bonds. The first-order valence-electron chi connectivity index (χ1n) is 5.93. The van der Waals surface area contributed by atoms with Crippen LogP contribution >= 0.6 is 11.3 Å². The lowest BCUT2D eigenvalue weighted by molar-refractivity contribution is 0.521. The molecule has 0 saturated carbocycles. The van der Waals surface area contributed by atoms with Crippen LogP contribution in [0.2, 0.25) is 0 Å². The number of nitrogens with one attached hydrogen (secondary N) is 1. The maximum Gasteiger partial charge on any atom is 0.0762 e. The zero-order valence-electron chi connectivity index (χ0n) is 10.6. The molecule has 0 radical (unpaired) electrons. The molecule has 17 heavy (non-hydrogen) atoms. The van der Waals surface area contributed by atoms with Crippen LogP contribution in [0.25, 0.3) is 0 Å². The fraction of sp³-hybridized carbons (Fsp3) is 0.462. The summed E-state index contributed by atoms with van der Waals surface area (Å²) in [5, 5.41) is 12.3. The molecule has 0 aliphatic heterocycles. The third-order valence-electron chi connectivity index (χ3n) is 2.78. The maximum absolute atomic E-state index is 4.51. The molecule has 2 aromatic heterocycles. The zero-order valence-corrected chi connectivity index (χ0v) is 11.4. The molecule has 2 heterocycles. The summed E-state index contributed by atoms with van der Waals surface area (Å²) in [5.41, 5.74) is 3.86. The van der Waals surface area contributed by atoms with Gasteiger partial charge in [0.15, 0.2) is 0 Å². The Bertz CT molecular complexity index is 470. The molecule has 2 rings (SSSR count). The number of aryl methyl sites for hydroxylation is 1. The Kier molecular flexibility index (Phi) is 3.97. The van der Waals surface area contributed by atoms with E-state index in [0.29, 0.717) is 6.04 Å². The van der Waals surface area contributed by atoms with Gasteiger partial charge in [-0.2, -0.15) is 16.4 Å². The Morgan fingerprint density at radius 2 is 2.18 bits per heavy atom. The smallest absolute Gasteiger partial charge is 0.0762 e. The SMILES string of the molecule is Cc1cscc1CNCc1ccn(C(C)C)n1. The van der Waals surface area contributed by atoms with Crippen molar-refractivity contribution in [1.29, 1.82) is 0 Å². The predicted molar refractivity (Wildman–Crippen MR) is 72.2 cm³/mol. The van der Waals surface area contributed by atoms with Crippen molar-refractivity contribution in [2.75, 3.05) is 0 Å². The van der Waals surface area contributed by atoms with E-state index in [1.54, 1.807) is 11.3 Å². The van der Waals surface area contributed by atoms with Crippen molar-refractivity contribution in [2.24, 2.45) is 0 Å². The molecule has 0 aliphatic rings. The minimum Gasteiger partial charge on any atom is -0.307 e. The Morgan fingerprint density at radius 1 is 1.35 bits per heavy atom. The third kappa shape index (κ3) is 3.17. The number of thiophene rings is 1. The van der Waals surface area contributed by atoms with Gasteiger partial charge in [0.25, 0.3) is 0 Å². The average Bonchev–Trinajstić information content (AvgIpc) is 2.89. The van der Waals surface area contributed by atoms with Gasteiger partial charge in [0.2, 0.25) is 0 Å². The van der Waals surface area contributed by atoms with Gasteiger partial charge in [-0.3, -0.25) is 4.68 Å². The van der Waals surface area contributed by atoms with Gasteiger partial charge in [0.05, 0.1) is 5.69 Å². The summed E-state index contributed by atoms with van der Waals surface area (Å²) in [7, 11) is 0. The Morgan fingerprint density at radius 3 is 2.76 bits per heavy atom. The van der Waals surface area contributed by atoms with Crippen LogP contribution in [0.5, 0.6) is 0 Å². The minimum atomic E-state index is 0.433. The van der Waals surface area contributed by atoms with Gasteiger partial charge in [0.1, 0.15) is 0 Å². The van der Waals surface area contributed by atoms with Crippen LogP contribution in [0.15, 0.2) is 23.0 Å². The van der Waals surface area contributed by atoms with Crippen LogP contribution in [0, 0.1) is 6.92 Å². The van der Waals surface area contributed by atoms with Crippen molar-refractivity contribution in [3.05, 3.63) is 39.8 Å². The monoisotopic (exact) mass is 249 g/mol. The molecule has 0 fully saturated rings. The molecule has 0 aromatic carbocycles. The first-order chi connectivity index (χ1) is 8.16. The van der Waals surface area contributed by atoms with E-state index in [4.69, 9.17) is 0 Å². The summed E-state index contributed by atoms with van der Waals surface area (Å²) in [5.74, 6) is 0. The minimum absolute atomic E-state index is 0.433. The molecule has 2 aromatic rings. The molecular formula is C13H19N3S. The van der Waals surface area contributed by atoms with Crippen molar-refractivity contribution >= 4 is 11.3 Å². The van der Waals surface area contributed by atoms with Crippen molar-refractivity contribution in [3.8, 4) is 0 Å². The summed E-state index contributed by atoms with van der Waals surface area (Å²) < 4.78 is 1.99. The number of nitrogens with zero attached hydrogens (tertiary/aromatic N) is 2. The van der Waals surface area contributed by atoms with Gasteiger partial charge >= 0.3 is 0 Å². The molecule has 0 unspecified atom stereocenters. The lowest BCUT2D eigenvalue weighted by Crippen LogP contribution is -2.13. The van der Waals surface area contributed by atoms with Gasteiger partial charge < -0.3 is 5.32 Å². The summed E-state index contributed by atoms with van der Waals surface area (Å²) in [6.07, 6.45) is 2.04. The van der Waals surface area contributed by atoms with E-state index in [1.807, 2.05) is 10.9 Å². The van der Waals surface area contributed by atoms with Crippen molar-refractivity contribution in [1.82, 2.24) is 15.1 Å². The standard InChI is InChI=1S/C13H19N3S/c1-10(2)16-5-4-13(15-16)7-14-6-12-9-17-8-11(12)3/h4-5,8-10,14H,6-7H2,1-3H3. The quantitative estimate of drug-likeness (QED) is 0.882. The van der Waals surface area contributed by atoms with Gasteiger partial charge in [-0.25, -0.2) is 0 Å². The predicted octanol–water partition coefficient (Wildman–Crippen LogP) is 3.12. The second-order valence-corrected chi connectivity index (χ2v) is 5.31. The summed E-state index contributed by atoms with van der Waals surface area (Å²) in [6.45, 7) is 8.18. The lowest BCUT2D eigenvalue weighted by Gasteiger charge is -2.04.